The molecule has 1 aromatic heterocycles. The summed E-state index contributed by atoms with van der Waals surface area (Å²) in [6.45, 7) is 2.07. The van der Waals surface area contributed by atoms with E-state index in [0.29, 0.717) is 12.0 Å². The van der Waals surface area contributed by atoms with Gasteiger partial charge in [0, 0.05) is 18.0 Å². The smallest absolute Gasteiger partial charge is 0.310 e. The zero-order valence-electron chi connectivity index (χ0n) is 9.34. The number of aromatic amines is 1. The fraction of sp³-hybridized carbons (Fsp3) is 0.250. The van der Waals surface area contributed by atoms with E-state index in [-0.39, 0.29) is 12.2 Å². The van der Waals surface area contributed by atoms with Crippen molar-refractivity contribution in [3.63, 3.8) is 0 Å². The number of rotatable bonds is 3. The predicted molar refractivity (Wildman–Crippen MR) is 59.9 cm³/mol. The number of imidazole rings is 1. The van der Waals surface area contributed by atoms with E-state index in [2.05, 4.69) is 4.98 Å². The minimum atomic E-state index is -0.640. The molecule has 0 saturated carbocycles. The van der Waals surface area contributed by atoms with Crippen LogP contribution in [0.1, 0.15) is 18.2 Å². The van der Waals surface area contributed by atoms with Gasteiger partial charge < -0.3 is 4.98 Å². The Morgan fingerprint density at radius 3 is 2.41 bits per heavy atom. The maximum atomic E-state index is 13.0. The minimum Gasteiger partial charge on any atom is -0.310 e. The second-order valence-electron chi connectivity index (χ2n) is 3.84. The Morgan fingerprint density at radius 1 is 1.24 bits per heavy atom. The van der Waals surface area contributed by atoms with E-state index in [1.165, 1.54) is 16.7 Å². The minimum absolute atomic E-state index is 0.157. The summed E-state index contributed by atoms with van der Waals surface area (Å²) in [5.74, 6) is -1.28. The van der Waals surface area contributed by atoms with Crippen molar-refractivity contribution in [2.45, 2.75) is 19.9 Å². The van der Waals surface area contributed by atoms with Gasteiger partial charge in [-0.25, -0.2) is 13.6 Å². The van der Waals surface area contributed by atoms with Crippen molar-refractivity contribution in [2.75, 3.05) is 0 Å². The average molecular weight is 238 g/mol. The molecule has 0 fully saturated rings. The monoisotopic (exact) mass is 238 g/mol. The summed E-state index contributed by atoms with van der Waals surface area (Å²) in [4.78, 5) is 14.2. The SMILES string of the molecule is CCc1cn(Cc2cc(F)cc(F)c2)c(=O)[nH]1. The number of nitrogens with one attached hydrogen (secondary N) is 1. The first-order chi connectivity index (χ1) is 8.08. The molecule has 1 heterocycles. The molecule has 0 unspecified atom stereocenters. The highest BCUT2D eigenvalue weighted by atomic mass is 19.1. The van der Waals surface area contributed by atoms with Gasteiger partial charge in [0.25, 0.3) is 0 Å². The molecule has 0 saturated heterocycles. The van der Waals surface area contributed by atoms with E-state index in [9.17, 15) is 13.6 Å². The number of aromatic nitrogens is 2. The van der Waals surface area contributed by atoms with Crippen LogP contribution in [0.5, 0.6) is 0 Å². The molecule has 0 aliphatic rings. The molecule has 0 spiro atoms. The third kappa shape index (κ3) is 2.61. The van der Waals surface area contributed by atoms with Gasteiger partial charge in [-0.15, -0.1) is 0 Å². The van der Waals surface area contributed by atoms with Gasteiger partial charge in [-0.05, 0) is 24.1 Å². The van der Waals surface area contributed by atoms with Crippen LogP contribution in [0.2, 0.25) is 0 Å². The molecule has 2 rings (SSSR count). The molecule has 2 aromatic rings. The molecule has 3 nitrogen and oxygen atoms in total. The molecule has 0 aliphatic carbocycles. The Labute approximate surface area is 96.7 Å². The van der Waals surface area contributed by atoms with Crippen molar-refractivity contribution in [3.05, 3.63) is 57.8 Å². The molecule has 1 aromatic carbocycles. The molecular formula is C12H12F2N2O. The number of aryl methyl sites for hydroxylation is 1. The Balaban J connectivity index is 2.30. The Morgan fingerprint density at radius 2 is 1.88 bits per heavy atom. The van der Waals surface area contributed by atoms with Gasteiger partial charge in [-0.2, -0.15) is 0 Å². The van der Waals surface area contributed by atoms with E-state index in [1.54, 1.807) is 6.20 Å². The van der Waals surface area contributed by atoms with Crippen molar-refractivity contribution < 1.29 is 8.78 Å². The quantitative estimate of drug-likeness (QED) is 0.873. The van der Waals surface area contributed by atoms with Crippen LogP contribution in [0.3, 0.4) is 0 Å². The molecule has 1 N–H and O–H groups in total. The molecule has 0 bridgehead atoms. The van der Waals surface area contributed by atoms with E-state index >= 15 is 0 Å². The summed E-state index contributed by atoms with van der Waals surface area (Å²) >= 11 is 0. The van der Waals surface area contributed by atoms with Crippen LogP contribution in [-0.4, -0.2) is 9.55 Å². The molecule has 90 valence electrons. The van der Waals surface area contributed by atoms with Gasteiger partial charge in [0.1, 0.15) is 11.6 Å². The van der Waals surface area contributed by atoms with Crippen LogP contribution < -0.4 is 5.69 Å². The maximum Gasteiger partial charge on any atom is 0.326 e. The second-order valence-corrected chi connectivity index (χ2v) is 3.84. The molecule has 0 radical (unpaired) electrons. The van der Waals surface area contributed by atoms with Crippen molar-refractivity contribution in [2.24, 2.45) is 0 Å². The highest BCUT2D eigenvalue weighted by molar-refractivity contribution is 5.18. The second kappa shape index (κ2) is 4.53. The van der Waals surface area contributed by atoms with E-state index in [1.807, 2.05) is 6.92 Å². The Bertz CT molecular complexity index is 566. The lowest BCUT2D eigenvalue weighted by molar-refractivity contribution is 0.577. The molecular weight excluding hydrogens is 226 g/mol. The highest BCUT2D eigenvalue weighted by Gasteiger charge is 2.05. The first-order valence-electron chi connectivity index (χ1n) is 5.32. The van der Waals surface area contributed by atoms with Crippen molar-refractivity contribution in [1.82, 2.24) is 9.55 Å². The lowest BCUT2D eigenvalue weighted by atomic mass is 10.2. The number of halogens is 2. The largest absolute Gasteiger partial charge is 0.326 e. The van der Waals surface area contributed by atoms with Crippen molar-refractivity contribution in [1.29, 1.82) is 0 Å². The number of nitrogens with zero attached hydrogens (tertiary/aromatic N) is 1. The number of hydrogen-bond acceptors (Lipinski definition) is 1. The number of benzene rings is 1. The topological polar surface area (TPSA) is 37.8 Å². The first kappa shape index (κ1) is 11.6. The van der Waals surface area contributed by atoms with E-state index < -0.39 is 11.6 Å². The van der Waals surface area contributed by atoms with Crippen LogP contribution in [0, 0.1) is 11.6 Å². The summed E-state index contributed by atoms with van der Waals surface area (Å²) in [6, 6.07) is 3.24. The van der Waals surface area contributed by atoms with Crippen molar-refractivity contribution >= 4 is 0 Å². The lowest BCUT2D eigenvalue weighted by Crippen LogP contribution is -2.16. The standard InChI is InChI=1S/C12H12F2N2O/c1-2-11-7-16(12(17)15-11)6-8-3-9(13)5-10(14)4-8/h3-5,7H,2,6H2,1H3,(H,15,17). The van der Waals surface area contributed by atoms with E-state index in [0.717, 1.165) is 11.8 Å². The van der Waals surface area contributed by atoms with Crippen LogP contribution in [0.25, 0.3) is 0 Å². The third-order valence-electron chi connectivity index (χ3n) is 2.50. The molecule has 0 amide bonds. The van der Waals surface area contributed by atoms with E-state index in [4.69, 9.17) is 0 Å². The van der Waals surface area contributed by atoms with Crippen molar-refractivity contribution in [3.8, 4) is 0 Å². The average Bonchev–Trinajstić information content (AvgIpc) is 2.58. The predicted octanol–water partition coefficient (Wildman–Crippen LogP) is 2.07. The van der Waals surface area contributed by atoms with Crippen LogP contribution >= 0.6 is 0 Å². The van der Waals surface area contributed by atoms with Gasteiger partial charge in [-0.1, -0.05) is 6.92 Å². The van der Waals surface area contributed by atoms with Crippen LogP contribution in [0.15, 0.2) is 29.2 Å². The summed E-state index contributed by atoms with van der Waals surface area (Å²) in [5, 5.41) is 0. The molecule has 5 heteroatoms. The normalized spacial score (nSPS) is 10.8. The number of H-pyrrole nitrogens is 1. The molecule has 17 heavy (non-hydrogen) atoms. The van der Waals surface area contributed by atoms with Gasteiger partial charge in [0.2, 0.25) is 0 Å². The zero-order valence-corrected chi connectivity index (χ0v) is 9.34. The maximum absolute atomic E-state index is 13.0. The third-order valence-corrected chi connectivity index (χ3v) is 2.50. The van der Waals surface area contributed by atoms with Gasteiger partial charge in [-0.3, -0.25) is 4.57 Å². The van der Waals surface area contributed by atoms with Gasteiger partial charge >= 0.3 is 5.69 Å². The fourth-order valence-corrected chi connectivity index (χ4v) is 1.68. The Hall–Kier alpha value is -1.91. The fourth-order valence-electron chi connectivity index (χ4n) is 1.68. The zero-order chi connectivity index (χ0) is 12.4. The van der Waals surface area contributed by atoms with Gasteiger partial charge in [0.15, 0.2) is 0 Å². The molecule has 0 atom stereocenters. The van der Waals surface area contributed by atoms with Crippen LogP contribution in [0.4, 0.5) is 8.78 Å². The summed E-state index contributed by atoms with van der Waals surface area (Å²) in [5.41, 5.74) is 0.949. The highest BCUT2D eigenvalue weighted by Crippen LogP contribution is 2.09. The molecule has 0 aliphatic heterocycles. The van der Waals surface area contributed by atoms with Crippen LogP contribution in [-0.2, 0) is 13.0 Å². The lowest BCUT2D eigenvalue weighted by Gasteiger charge is -2.02. The summed E-state index contributed by atoms with van der Waals surface area (Å²) in [6.07, 6.45) is 2.37. The summed E-state index contributed by atoms with van der Waals surface area (Å²) < 4.78 is 27.3. The first-order valence-corrected chi connectivity index (χ1v) is 5.32. The Kier molecular flexibility index (Phi) is 3.08. The number of hydrogen-bond donors (Lipinski definition) is 1. The van der Waals surface area contributed by atoms with Gasteiger partial charge in [0.05, 0.1) is 6.54 Å². The summed E-state index contributed by atoms with van der Waals surface area (Å²) in [7, 11) is 0.